The Hall–Kier alpha value is -0.370. The Bertz CT molecular complexity index is 193. The third kappa shape index (κ3) is 2.10. The largest absolute Gasteiger partial charge is 0.466 e. The van der Waals surface area contributed by atoms with Crippen molar-refractivity contribution in [1.29, 1.82) is 0 Å². The molecule has 56 valence electrons. The van der Waals surface area contributed by atoms with Gasteiger partial charge in [-0.2, -0.15) is 12.6 Å². The molecule has 1 aromatic heterocycles. The van der Waals surface area contributed by atoms with Crippen LogP contribution >= 0.6 is 12.6 Å². The second-order valence-corrected chi connectivity index (χ2v) is 2.79. The van der Waals surface area contributed by atoms with E-state index in [9.17, 15) is 0 Å². The Kier molecular flexibility index (Phi) is 2.87. The van der Waals surface area contributed by atoms with Gasteiger partial charge in [0.2, 0.25) is 0 Å². The highest BCUT2D eigenvalue weighted by molar-refractivity contribution is 7.80. The van der Waals surface area contributed by atoms with Gasteiger partial charge in [-0.25, -0.2) is 0 Å². The van der Waals surface area contributed by atoms with Crippen LogP contribution in [0.2, 0.25) is 0 Å². The van der Waals surface area contributed by atoms with Gasteiger partial charge in [0.15, 0.2) is 0 Å². The van der Waals surface area contributed by atoms with E-state index < -0.39 is 0 Å². The van der Waals surface area contributed by atoms with E-state index in [2.05, 4.69) is 12.6 Å². The topological polar surface area (TPSA) is 13.1 Å². The molecule has 0 saturated carbocycles. The van der Waals surface area contributed by atoms with Crippen LogP contribution in [-0.4, -0.2) is 5.75 Å². The number of aryl methyl sites for hydroxylation is 2. The molecule has 0 fully saturated rings. The third-order valence-corrected chi connectivity index (χ3v) is 1.69. The Balaban J connectivity index is 2.42. The van der Waals surface area contributed by atoms with Crippen molar-refractivity contribution >= 4 is 12.6 Å². The maximum absolute atomic E-state index is 5.35. The molecule has 0 amide bonds. The van der Waals surface area contributed by atoms with Crippen molar-refractivity contribution in [3.8, 4) is 0 Å². The molecule has 0 aliphatic carbocycles. The lowest BCUT2D eigenvalue weighted by atomic mass is 10.3. The molecule has 1 heterocycles. The fraction of sp³-hybridized carbons (Fsp3) is 0.500. The second kappa shape index (κ2) is 3.71. The van der Waals surface area contributed by atoms with Crippen molar-refractivity contribution in [2.75, 3.05) is 5.75 Å². The summed E-state index contributed by atoms with van der Waals surface area (Å²) in [6.07, 6.45) is 2.10. The number of rotatable bonds is 3. The summed E-state index contributed by atoms with van der Waals surface area (Å²) in [7, 11) is 0. The van der Waals surface area contributed by atoms with Gasteiger partial charge in [0.05, 0.1) is 0 Å². The SMILES string of the molecule is Cc1ccc(CCCS)o1. The molecule has 0 aliphatic rings. The molecule has 1 aromatic rings. The van der Waals surface area contributed by atoms with E-state index in [-0.39, 0.29) is 0 Å². The average molecular weight is 156 g/mol. The fourth-order valence-corrected chi connectivity index (χ4v) is 1.03. The van der Waals surface area contributed by atoms with E-state index in [4.69, 9.17) is 4.42 Å². The summed E-state index contributed by atoms with van der Waals surface area (Å²) in [5, 5.41) is 0. The zero-order valence-electron chi connectivity index (χ0n) is 6.13. The molecule has 0 bridgehead atoms. The van der Waals surface area contributed by atoms with Gasteiger partial charge in [0.25, 0.3) is 0 Å². The normalized spacial score (nSPS) is 10.2. The maximum atomic E-state index is 5.35. The quantitative estimate of drug-likeness (QED) is 0.663. The summed E-state index contributed by atoms with van der Waals surface area (Å²) in [6.45, 7) is 1.96. The predicted molar refractivity (Wildman–Crippen MR) is 45.6 cm³/mol. The Morgan fingerprint density at radius 2 is 2.30 bits per heavy atom. The molecule has 0 unspecified atom stereocenters. The van der Waals surface area contributed by atoms with E-state index in [0.717, 1.165) is 30.1 Å². The van der Waals surface area contributed by atoms with Crippen LogP contribution in [0.1, 0.15) is 17.9 Å². The smallest absolute Gasteiger partial charge is 0.104 e. The van der Waals surface area contributed by atoms with Crippen LogP contribution in [0.15, 0.2) is 16.5 Å². The van der Waals surface area contributed by atoms with E-state index in [1.807, 2.05) is 19.1 Å². The fourth-order valence-electron chi connectivity index (χ4n) is 0.873. The zero-order valence-corrected chi connectivity index (χ0v) is 7.03. The molecule has 0 atom stereocenters. The first-order chi connectivity index (χ1) is 4.83. The van der Waals surface area contributed by atoms with Gasteiger partial charge in [-0.15, -0.1) is 0 Å². The van der Waals surface area contributed by atoms with Crippen molar-refractivity contribution in [3.63, 3.8) is 0 Å². The van der Waals surface area contributed by atoms with Crippen molar-refractivity contribution in [3.05, 3.63) is 23.7 Å². The highest BCUT2D eigenvalue weighted by Crippen LogP contribution is 2.08. The second-order valence-electron chi connectivity index (χ2n) is 2.34. The van der Waals surface area contributed by atoms with Crippen molar-refractivity contribution in [2.24, 2.45) is 0 Å². The van der Waals surface area contributed by atoms with Crippen molar-refractivity contribution in [1.82, 2.24) is 0 Å². The van der Waals surface area contributed by atoms with E-state index in [1.54, 1.807) is 0 Å². The van der Waals surface area contributed by atoms with Gasteiger partial charge in [-0.1, -0.05) is 0 Å². The summed E-state index contributed by atoms with van der Waals surface area (Å²) in [5.41, 5.74) is 0. The Labute approximate surface area is 66.8 Å². The van der Waals surface area contributed by atoms with Crippen LogP contribution < -0.4 is 0 Å². The number of hydrogen-bond acceptors (Lipinski definition) is 2. The van der Waals surface area contributed by atoms with Crippen LogP contribution in [0.5, 0.6) is 0 Å². The molecule has 0 spiro atoms. The lowest BCUT2D eigenvalue weighted by Crippen LogP contribution is -1.81. The monoisotopic (exact) mass is 156 g/mol. The van der Waals surface area contributed by atoms with Gasteiger partial charge in [-0.05, 0) is 31.2 Å². The molecule has 0 aromatic carbocycles. The first-order valence-electron chi connectivity index (χ1n) is 3.49. The van der Waals surface area contributed by atoms with E-state index in [0.29, 0.717) is 0 Å². The minimum Gasteiger partial charge on any atom is -0.466 e. The number of thiol groups is 1. The zero-order chi connectivity index (χ0) is 7.40. The first-order valence-corrected chi connectivity index (χ1v) is 4.12. The highest BCUT2D eigenvalue weighted by atomic mass is 32.1. The molecule has 2 heteroatoms. The average Bonchev–Trinajstić information content (AvgIpc) is 2.31. The van der Waals surface area contributed by atoms with Gasteiger partial charge in [0.1, 0.15) is 11.5 Å². The molecule has 1 nitrogen and oxygen atoms in total. The molecular formula is C8H12OS. The molecular weight excluding hydrogens is 144 g/mol. The van der Waals surface area contributed by atoms with Crippen LogP contribution in [0.4, 0.5) is 0 Å². The molecule has 0 radical (unpaired) electrons. The highest BCUT2D eigenvalue weighted by Gasteiger charge is 1.95. The van der Waals surface area contributed by atoms with E-state index in [1.165, 1.54) is 0 Å². The lowest BCUT2D eigenvalue weighted by molar-refractivity contribution is 0.481. The van der Waals surface area contributed by atoms with Gasteiger partial charge >= 0.3 is 0 Å². The van der Waals surface area contributed by atoms with Gasteiger partial charge in [-0.3, -0.25) is 0 Å². The summed E-state index contributed by atoms with van der Waals surface area (Å²) >= 11 is 4.12. The summed E-state index contributed by atoms with van der Waals surface area (Å²) in [5.74, 6) is 3.00. The lowest BCUT2D eigenvalue weighted by Gasteiger charge is -1.91. The molecule has 0 aliphatic heterocycles. The van der Waals surface area contributed by atoms with Crippen molar-refractivity contribution in [2.45, 2.75) is 19.8 Å². The van der Waals surface area contributed by atoms with Crippen LogP contribution in [-0.2, 0) is 6.42 Å². The van der Waals surface area contributed by atoms with Gasteiger partial charge in [0, 0.05) is 6.42 Å². The molecule has 1 rings (SSSR count). The van der Waals surface area contributed by atoms with Crippen LogP contribution in [0, 0.1) is 6.92 Å². The molecule has 0 saturated heterocycles. The molecule has 10 heavy (non-hydrogen) atoms. The minimum atomic E-state index is 0.930. The molecule has 0 N–H and O–H groups in total. The summed E-state index contributed by atoms with van der Waals surface area (Å²) in [6, 6.07) is 4.02. The van der Waals surface area contributed by atoms with E-state index >= 15 is 0 Å². The maximum Gasteiger partial charge on any atom is 0.104 e. The summed E-state index contributed by atoms with van der Waals surface area (Å²) in [4.78, 5) is 0. The number of hydrogen-bond donors (Lipinski definition) is 1. The van der Waals surface area contributed by atoms with Crippen molar-refractivity contribution < 1.29 is 4.42 Å². The Morgan fingerprint density at radius 3 is 2.80 bits per heavy atom. The standard InChI is InChI=1S/C8H12OS/c1-7-4-5-8(9-7)3-2-6-10/h4-5,10H,2-3,6H2,1H3. The third-order valence-electron chi connectivity index (χ3n) is 1.38. The predicted octanol–water partition coefficient (Wildman–Crippen LogP) is 2.45. The first kappa shape index (κ1) is 7.73. The minimum absolute atomic E-state index is 0.930. The summed E-state index contributed by atoms with van der Waals surface area (Å²) < 4.78 is 5.35. The van der Waals surface area contributed by atoms with Crippen LogP contribution in [0.3, 0.4) is 0 Å². The Morgan fingerprint density at radius 1 is 1.50 bits per heavy atom. The van der Waals surface area contributed by atoms with Crippen LogP contribution in [0.25, 0.3) is 0 Å². The number of furan rings is 1. The van der Waals surface area contributed by atoms with Gasteiger partial charge < -0.3 is 4.42 Å².